The van der Waals surface area contributed by atoms with Gasteiger partial charge in [0.2, 0.25) is 17.8 Å². The van der Waals surface area contributed by atoms with Gasteiger partial charge in [-0.05, 0) is 37.6 Å². The van der Waals surface area contributed by atoms with Crippen LogP contribution in [0.25, 0.3) is 0 Å². The van der Waals surface area contributed by atoms with E-state index in [1.54, 1.807) is 30.3 Å². The number of carbonyl (C=O) groups is 3. The lowest BCUT2D eigenvalue weighted by Crippen LogP contribution is -2.49. The molecular formula is C25H20N4O3. The van der Waals surface area contributed by atoms with Crippen molar-refractivity contribution in [1.29, 1.82) is 0 Å². The van der Waals surface area contributed by atoms with Gasteiger partial charge in [0.1, 0.15) is 6.04 Å². The molecule has 2 fully saturated rings. The van der Waals surface area contributed by atoms with Crippen molar-refractivity contribution in [2.75, 3.05) is 9.80 Å². The van der Waals surface area contributed by atoms with Crippen molar-refractivity contribution in [3.05, 3.63) is 83.2 Å². The van der Waals surface area contributed by atoms with Crippen LogP contribution in [-0.4, -0.2) is 33.6 Å². The number of fused-ring (bicyclic) bond motifs is 7. The van der Waals surface area contributed by atoms with E-state index < -0.39 is 23.9 Å². The molecule has 0 spiro atoms. The van der Waals surface area contributed by atoms with Crippen LogP contribution in [0.3, 0.4) is 0 Å². The molecule has 0 N–H and O–H groups in total. The Morgan fingerprint density at radius 1 is 0.750 bits per heavy atom. The lowest BCUT2D eigenvalue weighted by Gasteiger charge is -2.37. The fourth-order valence-corrected chi connectivity index (χ4v) is 5.57. The Kier molecular flexibility index (Phi) is 3.87. The number of hydrogen-bond acceptors (Lipinski definition) is 6. The summed E-state index contributed by atoms with van der Waals surface area (Å²) in [6.07, 6.45) is 0. The molecule has 4 unspecified atom stereocenters. The summed E-state index contributed by atoms with van der Waals surface area (Å²) in [4.78, 5) is 53.3. The molecular weight excluding hydrogens is 404 g/mol. The monoisotopic (exact) mass is 424 g/mol. The molecule has 2 bridgehead atoms. The van der Waals surface area contributed by atoms with Gasteiger partial charge in [0, 0.05) is 17.0 Å². The normalized spacial score (nSPS) is 25.9. The van der Waals surface area contributed by atoms with Gasteiger partial charge < -0.3 is 4.90 Å². The van der Waals surface area contributed by atoms with E-state index in [9.17, 15) is 14.4 Å². The Hall–Kier alpha value is -3.87. The minimum Gasteiger partial charge on any atom is -0.322 e. The van der Waals surface area contributed by atoms with Crippen molar-refractivity contribution >= 4 is 29.2 Å². The van der Waals surface area contributed by atoms with E-state index in [1.165, 1.54) is 4.90 Å². The van der Waals surface area contributed by atoms with E-state index >= 15 is 0 Å². The van der Waals surface area contributed by atoms with Gasteiger partial charge in [-0.1, -0.05) is 42.5 Å². The van der Waals surface area contributed by atoms with Gasteiger partial charge in [-0.2, -0.15) is 0 Å². The van der Waals surface area contributed by atoms with Gasteiger partial charge in [-0.15, -0.1) is 0 Å². The maximum absolute atomic E-state index is 13.7. The summed E-state index contributed by atoms with van der Waals surface area (Å²) in [5.74, 6) is -1.85. The van der Waals surface area contributed by atoms with Gasteiger partial charge in [0.15, 0.2) is 5.78 Å². The molecule has 32 heavy (non-hydrogen) atoms. The summed E-state index contributed by atoms with van der Waals surface area (Å²) >= 11 is 0. The SMILES string of the molecule is Cc1cc(C)nc(N2C3C(=O)c4ccccc4C2C2C(=O)N(c4ccccc4)C(=O)C23)n1. The molecule has 7 nitrogen and oxygen atoms in total. The summed E-state index contributed by atoms with van der Waals surface area (Å²) < 4.78 is 0. The third-order valence-corrected chi connectivity index (χ3v) is 6.71. The summed E-state index contributed by atoms with van der Waals surface area (Å²) in [6.45, 7) is 3.74. The number of imide groups is 1. The number of amides is 2. The molecule has 0 radical (unpaired) electrons. The number of Topliss-reactive ketones (excluding diaryl/α,β-unsaturated/α-hetero) is 1. The quantitative estimate of drug-likeness (QED) is 0.588. The van der Waals surface area contributed by atoms with Crippen molar-refractivity contribution in [3.63, 3.8) is 0 Å². The third kappa shape index (κ3) is 2.39. The first-order chi connectivity index (χ1) is 15.5. The fourth-order valence-electron chi connectivity index (χ4n) is 5.57. The molecule has 158 valence electrons. The largest absolute Gasteiger partial charge is 0.322 e. The smallest absolute Gasteiger partial charge is 0.240 e. The number of para-hydroxylation sites is 1. The highest BCUT2D eigenvalue weighted by Crippen LogP contribution is 2.55. The molecule has 0 saturated carbocycles. The molecule has 3 aromatic rings. The molecule has 4 atom stereocenters. The van der Waals surface area contributed by atoms with Gasteiger partial charge in [0.05, 0.1) is 23.6 Å². The summed E-state index contributed by atoms with van der Waals surface area (Å²) in [6, 6.07) is 16.8. The van der Waals surface area contributed by atoms with Crippen LogP contribution < -0.4 is 9.80 Å². The van der Waals surface area contributed by atoms with E-state index in [2.05, 4.69) is 9.97 Å². The van der Waals surface area contributed by atoms with Crippen molar-refractivity contribution in [3.8, 4) is 0 Å². The predicted octanol–water partition coefficient (Wildman–Crippen LogP) is 3.03. The molecule has 7 heteroatoms. The van der Waals surface area contributed by atoms with Crippen molar-refractivity contribution in [1.82, 2.24) is 9.97 Å². The average Bonchev–Trinajstić information content (AvgIpc) is 3.22. The number of rotatable bonds is 2. The van der Waals surface area contributed by atoms with Gasteiger partial charge in [-0.3, -0.25) is 14.4 Å². The molecule has 2 amide bonds. The molecule has 2 aromatic carbocycles. The zero-order chi connectivity index (χ0) is 22.1. The molecule has 2 saturated heterocycles. The van der Waals surface area contributed by atoms with Crippen LogP contribution in [0.1, 0.15) is 33.4 Å². The first-order valence-corrected chi connectivity index (χ1v) is 10.6. The Morgan fingerprint density at radius 3 is 2.03 bits per heavy atom. The topological polar surface area (TPSA) is 83.5 Å². The Bertz CT molecular complexity index is 1290. The molecule has 4 heterocycles. The number of anilines is 2. The highest BCUT2D eigenvalue weighted by molar-refractivity contribution is 6.26. The number of benzene rings is 2. The molecule has 3 aliphatic heterocycles. The van der Waals surface area contributed by atoms with Crippen molar-refractivity contribution in [2.24, 2.45) is 11.8 Å². The number of hydrogen-bond donors (Lipinski definition) is 0. The van der Waals surface area contributed by atoms with Crippen molar-refractivity contribution in [2.45, 2.75) is 25.9 Å². The van der Waals surface area contributed by atoms with Crippen LogP contribution in [-0.2, 0) is 9.59 Å². The Labute approximate surface area is 184 Å². The molecule has 1 aromatic heterocycles. The van der Waals surface area contributed by atoms with Crippen LogP contribution in [0.5, 0.6) is 0 Å². The van der Waals surface area contributed by atoms with E-state index in [-0.39, 0.29) is 17.6 Å². The van der Waals surface area contributed by atoms with Crippen LogP contribution in [0.2, 0.25) is 0 Å². The standard InChI is InChI=1S/C25H20N4O3/c1-13-12-14(2)27-25(26-13)29-20-16-10-6-7-11-17(16)22(30)21(29)19-18(20)23(31)28(24(19)32)15-8-4-3-5-9-15/h3-12,18-21H,1-2H3. The summed E-state index contributed by atoms with van der Waals surface area (Å²) in [7, 11) is 0. The second kappa shape index (κ2) is 6.56. The van der Waals surface area contributed by atoms with E-state index in [0.717, 1.165) is 17.0 Å². The maximum Gasteiger partial charge on any atom is 0.240 e. The zero-order valence-corrected chi connectivity index (χ0v) is 17.6. The van der Waals surface area contributed by atoms with E-state index in [4.69, 9.17) is 0 Å². The summed E-state index contributed by atoms with van der Waals surface area (Å²) in [5, 5.41) is 0. The second-order valence-corrected chi connectivity index (χ2v) is 8.60. The van der Waals surface area contributed by atoms with Crippen molar-refractivity contribution < 1.29 is 14.4 Å². The number of aryl methyl sites for hydroxylation is 2. The first-order valence-electron chi connectivity index (χ1n) is 10.6. The van der Waals surface area contributed by atoms with Crippen LogP contribution in [0, 0.1) is 25.7 Å². The van der Waals surface area contributed by atoms with E-state index in [1.807, 2.05) is 49.1 Å². The third-order valence-electron chi connectivity index (χ3n) is 6.71. The lowest BCUT2D eigenvalue weighted by atomic mass is 9.89. The zero-order valence-electron chi connectivity index (χ0n) is 17.6. The fraction of sp³-hybridized carbons (Fsp3) is 0.240. The minimum absolute atomic E-state index is 0.164. The van der Waals surface area contributed by atoms with Gasteiger partial charge in [-0.25, -0.2) is 14.9 Å². The van der Waals surface area contributed by atoms with Crippen LogP contribution in [0.15, 0.2) is 60.7 Å². The highest BCUT2D eigenvalue weighted by atomic mass is 16.2. The lowest BCUT2D eigenvalue weighted by molar-refractivity contribution is -0.123. The molecule has 0 aliphatic carbocycles. The van der Waals surface area contributed by atoms with Gasteiger partial charge in [0.25, 0.3) is 0 Å². The van der Waals surface area contributed by atoms with Crippen LogP contribution in [0.4, 0.5) is 11.6 Å². The Morgan fingerprint density at radius 2 is 1.34 bits per heavy atom. The number of aromatic nitrogens is 2. The average molecular weight is 424 g/mol. The second-order valence-electron chi connectivity index (χ2n) is 8.60. The summed E-state index contributed by atoms with van der Waals surface area (Å²) in [5.41, 5.74) is 3.40. The van der Waals surface area contributed by atoms with Gasteiger partial charge >= 0.3 is 0 Å². The minimum atomic E-state index is -0.814. The first kappa shape index (κ1) is 18.9. The molecule has 3 aliphatic rings. The van der Waals surface area contributed by atoms with Crippen LogP contribution >= 0.6 is 0 Å². The number of ketones is 1. The maximum atomic E-state index is 13.7. The number of nitrogens with zero attached hydrogens (tertiary/aromatic N) is 4. The predicted molar refractivity (Wildman–Crippen MR) is 117 cm³/mol. The Balaban J connectivity index is 1.56. The highest BCUT2D eigenvalue weighted by Gasteiger charge is 2.67. The van der Waals surface area contributed by atoms with E-state index in [0.29, 0.717) is 17.2 Å². The number of carbonyl (C=O) groups excluding carboxylic acids is 3. The molecule has 6 rings (SSSR count).